The molecular weight excluding hydrogens is 268 g/mol. The summed E-state index contributed by atoms with van der Waals surface area (Å²) in [7, 11) is 0. The van der Waals surface area contributed by atoms with E-state index in [0.717, 1.165) is 0 Å². The number of carbonyl (C=O) groups excluding carboxylic acids is 1. The summed E-state index contributed by atoms with van der Waals surface area (Å²) in [5.74, 6) is -1.06. The molecule has 0 saturated carbocycles. The van der Waals surface area contributed by atoms with E-state index in [2.05, 4.69) is 0 Å². The molecule has 1 aliphatic carbocycles. The van der Waals surface area contributed by atoms with E-state index >= 15 is 0 Å². The van der Waals surface area contributed by atoms with Crippen LogP contribution in [0.15, 0.2) is 53.8 Å². The first-order valence-electron chi connectivity index (χ1n) is 7.11. The van der Waals surface area contributed by atoms with Gasteiger partial charge in [0.2, 0.25) is 0 Å². The van der Waals surface area contributed by atoms with Crippen LogP contribution in [0.4, 0.5) is 0 Å². The molecule has 0 aromatic heterocycles. The largest absolute Gasteiger partial charge is 0.497 e. The molecule has 0 aliphatic heterocycles. The molecule has 4 nitrogen and oxygen atoms in total. The Hall–Kier alpha value is -1.91. The van der Waals surface area contributed by atoms with Gasteiger partial charge in [0.05, 0.1) is 18.6 Å². The molecule has 1 aliphatic rings. The van der Waals surface area contributed by atoms with Crippen molar-refractivity contribution in [1.29, 1.82) is 0 Å². The molecule has 1 aromatic carbocycles. The lowest BCUT2D eigenvalue weighted by molar-refractivity contribution is -0.168. The van der Waals surface area contributed by atoms with Crippen molar-refractivity contribution in [2.75, 3.05) is 13.2 Å². The highest BCUT2D eigenvalue weighted by Crippen LogP contribution is 2.30. The molecule has 1 aromatic rings. The fourth-order valence-electron chi connectivity index (χ4n) is 2.29. The van der Waals surface area contributed by atoms with Gasteiger partial charge in [0.15, 0.2) is 11.6 Å². The third-order valence-electron chi connectivity index (χ3n) is 3.22. The number of Topliss-reactive ketones (excluding diaryl/α,β-unsaturated/α-hetero) is 1. The van der Waals surface area contributed by atoms with Crippen LogP contribution in [0.1, 0.15) is 30.6 Å². The average Bonchev–Trinajstić information content (AvgIpc) is 2.48. The minimum Gasteiger partial charge on any atom is -0.497 e. The van der Waals surface area contributed by atoms with E-state index in [1.54, 1.807) is 25.1 Å². The highest BCUT2D eigenvalue weighted by Gasteiger charge is 2.33. The van der Waals surface area contributed by atoms with Gasteiger partial charge in [-0.1, -0.05) is 30.3 Å². The number of ether oxygens (including phenoxy) is 2. The van der Waals surface area contributed by atoms with Crippen molar-refractivity contribution in [2.24, 2.45) is 0 Å². The van der Waals surface area contributed by atoms with Crippen LogP contribution in [0.25, 0.3) is 0 Å². The van der Waals surface area contributed by atoms with E-state index in [0.29, 0.717) is 30.1 Å². The normalized spacial score (nSPS) is 21.5. The van der Waals surface area contributed by atoms with Crippen LogP contribution in [0, 0.1) is 0 Å². The lowest BCUT2D eigenvalue weighted by Crippen LogP contribution is -2.33. The first-order valence-corrected chi connectivity index (χ1v) is 7.11. The summed E-state index contributed by atoms with van der Waals surface area (Å²) in [6.45, 7) is 4.45. The smallest absolute Gasteiger partial charge is 0.196 e. The second kappa shape index (κ2) is 6.70. The third kappa shape index (κ3) is 3.60. The Morgan fingerprint density at radius 2 is 1.95 bits per heavy atom. The maximum Gasteiger partial charge on any atom is 0.196 e. The maximum absolute atomic E-state index is 12.5. The van der Waals surface area contributed by atoms with E-state index in [4.69, 9.17) is 9.47 Å². The molecule has 1 N–H and O–H groups in total. The molecule has 0 heterocycles. The van der Waals surface area contributed by atoms with Gasteiger partial charge in [-0.3, -0.25) is 4.79 Å². The number of ketones is 1. The van der Waals surface area contributed by atoms with Crippen LogP contribution in [-0.2, 0) is 9.47 Å². The second-order valence-corrected chi connectivity index (χ2v) is 4.75. The monoisotopic (exact) mass is 288 g/mol. The highest BCUT2D eigenvalue weighted by atomic mass is 16.6. The van der Waals surface area contributed by atoms with E-state index in [9.17, 15) is 9.90 Å². The first-order chi connectivity index (χ1) is 10.1. The lowest BCUT2D eigenvalue weighted by atomic mass is 9.94. The average molecular weight is 288 g/mol. The minimum atomic E-state index is -1.40. The van der Waals surface area contributed by atoms with E-state index in [1.807, 2.05) is 25.1 Å². The Morgan fingerprint density at radius 3 is 2.57 bits per heavy atom. The van der Waals surface area contributed by atoms with E-state index in [1.165, 1.54) is 6.08 Å². The zero-order chi connectivity index (χ0) is 15.3. The molecule has 1 atom stereocenters. The number of hydrogen-bond donors (Lipinski definition) is 1. The summed E-state index contributed by atoms with van der Waals surface area (Å²) in [5, 5.41) is 10.3. The van der Waals surface area contributed by atoms with Crippen molar-refractivity contribution in [2.45, 2.75) is 26.1 Å². The minimum absolute atomic E-state index is 0.117. The Bertz CT molecular complexity index is 559. The topological polar surface area (TPSA) is 55.8 Å². The van der Waals surface area contributed by atoms with Gasteiger partial charge in [0.25, 0.3) is 0 Å². The van der Waals surface area contributed by atoms with Gasteiger partial charge in [-0.2, -0.15) is 0 Å². The predicted octanol–water partition coefficient (Wildman–Crippen LogP) is 2.84. The number of allylic oxidation sites excluding steroid dienone is 2. The van der Waals surface area contributed by atoms with E-state index < -0.39 is 5.79 Å². The predicted molar refractivity (Wildman–Crippen MR) is 79.8 cm³/mol. The van der Waals surface area contributed by atoms with Crippen LogP contribution in [0.2, 0.25) is 0 Å². The van der Waals surface area contributed by atoms with Gasteiger partial charge < -0.3 is 14.6 Å². The SMILES string of the molecule is CCOC1=C(C(=O)c2ccccc2)C=CC(O)(OCC)C1. The Kier molecular flexibility index (Phi) is 4.94. The van der Waals surface area contributed by atoms with Crippen LogP contribution in [-0.4, -0.2) is 29.9 Å². The van der Waals surface area contributed by atoms with Crippen molar-refractivity contribution < 1.29 is 19.4 Å². The molecule has 0 bridgehead atoms. The van der Waals surface area contributed by atoms with Crippen molar-refractivity contribution in [3.63, 3.8) is 0 Å². The Labute approximate surface area is 124 Å². The van der Waals surface area contributed by atoms with Gasteiger partial charge in [-0.05, 0) is 26.0 Å². The van der Waals surface area contributed by atoms with Gasteiger partial charge >= 0.3 is 0 Å². The summed E-state index contributed by atoms with van der Waals surface area (Å²) in [4.78, 5) is 12.5. The van der Waals surface area contributed by atoms with Gasteiger partial charge in [-0.25, -0.2) is 0 Å². The molecule has 0 saturated heterocycles. The summed E-state index contributed by atoms with van der Waals surface area (Å²) in [5.41, 5.74) is 1.06. The molecule has 0 radical (unpaired) electrons. The molecule has 1 unspecified atom stereocenters. The Balaban J connectivity index is 2.32. The standard InChI is InChI=1S/C17H20O4/c1-3-20-15-12-17(19,21-4-2)11-10-14(15)16(18)13-8-6-5-7-9-13/h5-11,19H,3-4,12H2,1-2H3. The van der Waals surface area contributed by atoms with Crippen LogP contribution in [0.5, 0.6) is 0 Å². The van der Waals surface area contributed by atoms with Gasteiger partial charge in [0, 0.05) is 12.2 Å². The first kappa shape index (κ1) is 15.5. The summed E-state index contributed by atoms with van der Waals surface area (Å²) >= 11 is 0. The second-order valence-electron chi connectivity index (χ2n) is 4.75. The van der Waals surface area contributed by atoms with E-state index in [-0.39, 0.29) is 12.2 Å². The lowest BCUT2D eigenvalue weighted by Gasteiger charge is -2.29. The number of benzene rings is 1. The molecule has 0 fully saturated rings. The van der Waals surface area contributed by atoms with Gasteiger partial charge in [-0.15, -0.1) is 0 Å². The van der Waals surface area contributed by atoms with Crippen molar-refractivity contribution >= 4 is 5.78 Å². The molecule has 0 amide bonds. The highest BCUT2D eigenvalue weighted by molar-refractivity contribution is 6.11. The zero-order valence-corrected chi connectivity index (χ0v) is 12.3. The fourth-order valence-corrected chi connectivity index (χ4v) is 2.29. The summed E-state index contributed by atoms with van der Waals surface area (Å²) in [6, 6.07) is 9.01. The van der Waals surface area contributed by atoms with Crippen LogP contribution in [0.3, 0.4) is 0 Å². The van der Waals surface area contributed by atoms with Crippen molar-refractivity contribution in [1.82, 2.24) is 0 Å². The molecule has 21 heavy (non-hydrogen) atoms. The number of carbonyl (C=O) groups is 1. The molecule has 2 rings (SSSR count). The number of hydrogen-bond acceptors (Lipinski definition) is 4. The molecule has 4 heteroatoms. The Morgan fingerprint density at radius 1 is 1.24 bits per heavy atom. The van der Waals surface area contributed by atoms with Gasteiger partial charge in [0.1, 0.15) is 5.76 Å². The van der Waals surface area contributed by atoms with Crippen LogP contribution >= 0.6 is 0 Å². The third-order valence-corrected chi connectivity index (χ3v) is 3.22. The zero-order valence-electron chi connectivity index (χ0n) is 12.3. The summed E-state index contributed by atoms with van der Waals surface area (Å²) < 4.78 is 10.9. The molecular formula is C17H20O4. The fraction of sp³-hybridized carbons (Fsp3) is 0.353. The quantitative estimate of drug-likeness (QED) is 0.646. The van der Waals surface area contributed by atoms with Crippen molar-refractivity contribution in [3.05, 3.63) is 59.4 Å². The maximum atomic E-state index is 12.5. The van der Waals surface area contributed by atoms with Crippen molar-refractivity contribution in [3.8, 4) is 0 Å². The molecule has 112 valence electrons. The summed E-state index contributed by atoms with van der Waals surface area (Å²) in [6.07, 6.45) is 3.23. The number of rotatable bonds is 6. The van der Waals surface area contributed by atoms with Crippen LogP contribution < -0.4 is 0 Å². The molecule has 0 spiro atoms. The number of aliphatic hydroxyl groups is 1.